The average molecular weight is 365 g/mol. The van der Waals surface area contributed by atoms with Crippen LogP contribution in [0.25, 0.3) is 0 Å². The monoisotopic (exact) mass is 364 g/mol. The zero-order valence-corrected chi connectivity index (χ0v) is 15.4. The van der Waals surface area contributed by atoms with Crippen LogP contribution in [0.2, 0.25) is 5.02 Å². The fourth-order valence-electron chi connectivity index (χ4n) is 3.06. The number of hydrogen-bond acceptors (Lipinski definition) is 3. The second kappa shape index (κ2) is 6.75. The van der Waals surface area contributed by atoms with Gasteiger partial charge in [0.25, 0.3) is 0 Å². The van der Waals surface area contributed by atoms with Crippen molar-refractivity contribution in [3.05, 3.63) is 59.1 Å². The van der Waals surface area contributed by atoms with Gasteiger partial charge in [-0.2, -0.15) is 4.31 Å². The smallest absolute Gasteiger partial charge is 0.244 e. The molecule has 4 nitrogen and oxygen atoms in total. The van der Waals surface area contributed by atoms with Crippen molar-refractivity contribution in [1.82, 2.24) is 4.31 Å². The van der Waals surface area contributed by atoms with Gasteiger partial charge in [0.05, 0.1) is 5.02 Å². The summed E-state index contributed by atoms with van der Waals surface area (Å²) in [6.45, 7) is 5.66. The Labute approximate surface area is 148 Å². The Morgan fingerprint density at radius 1 is 1.04 bits per heavy atom. The van der Waals surface area contributed by atoms with Gasteiger partial charge in [-0.3, -0.25) is 0 Å². The first kappa shape index (κ1) is 17.3. The van der Waals surface area contributed by atoms with E-state index in [0.717, 1.165) is 5.69 Å². The molecular weight excluding hydrogens is 344 g/mol. The van der Waals surface area contributed by atoms with Gasteiger partial charge in [-0.15, -0.1) is 0 Å². The normalized spacial score (nSPS) is 19.5. The second-order valence-electron chi connectivity index (χ2n) is 6.17. The van der Waals surface area contributed by atoms with E-state index >= 15 is 0 Å². The molecule has 0 aromatic heterocycles. The quantitative estimate of drug-likeness (QED) is 0.836. The van der Waals surface area contributed by atoms with Crippen LogP contribution in [-0.2, 0) is 10.0 Å². The highest BCUT2D eigenvalue weighted by molar-refractivity contribution is 7.89. The van der Waals surface area contributed by atoms with E-state index in [2.05, 4.69) is 36.1 Å². The minimum Gasteiger partial charge on any atom is -0.366 e. The molecule has 1 aliphatic rings. The summed E-state index contributed by atoms with van der Waals surface area (Å²) in [4.78, 5) is 2.43. The van der Waals surface area contributed by atoms with Crippen molar-refractivity contribution in [2.24, 2.45) is 0 Å². The number of anilines is 1. The largest absolute Gasteiger partial charge is 0.366 e. The van der Waals surface area contributed by atoms with Gasteiger partial charge in [-0.25, -0.2) is 8.42 Å². The molecule has 0 spiro atoms. The van der Waals surface area contributed by atoms with Gasteiger partial charge in [0.2, 0.25) is 10.0 Å². The minimum atomic E-state index is -3.56. The van der Waals surface area contributed by atoms with Gasteiger partial charge in [0.15, 0.2) is 0 Å². The van der Waals surface area contributed by atoms with Crippen LogP contribution >= 0.6 is 11.6 Å². The molecule has 1 saturated heterocycles. The van der Waals surface area contributed by atoms with Crippen LogP contribution < -0.4 is 4.90 Å². The molecule has 24 heavy (non-hydrogen) atoms. The summed E-state index contributed by atoms with van der Waals surface area (Å²) in [6, 6.07) is 15.0. The number of piperazine rings is 1. The predicted molar refractivity (Wildman–Crippen MR) is 98.2 cm³/mol. The number of benzene rings is 2. The van der Waals surface area contributed by atoms with Crippen LogP contribution in [0.5, 0.6) is 0 Å². The molecule has 1 fully saturated rings. The van der Waals surface area contributed by atoms with Crippen LogP contribution in [0.1, 0.15) is 12.5 Å². The van der Waals surface area contributed by atoms with E-state index in [1.54, 1.807) is 24.3 Å². The Morgan fingerprint density at radius 3 is 2.33 bits per heavy atom. The molecule has 2 aromatic rings. The summed E-state index contributed by atoms with van der Waals surface area (Å²) in [5.41, 5.74) is 2.34. The molecule has 1 aliphatic heterocycles. The maximum absolute atomic E-state index is 12.9. The second-order valence-corrected chi connectivity index (χ2v) is 8.48. The lowest BCUT2D eigenvalue weighted by Gasteiger charge is -2.40. The van der Waals surface area contributed by atoms with Crippen molar-refractivity contribution >= 4 is 27.3 Å². The number of aryl methyl sites for hydroxylation is 1. The van der Waals surface area contributed by atoms with Crippen molar-refractivity contribution in [3.8, 4) is 0 Å². The van der Waals surface area contributed by atoms with E-state index in [1.165, 1.54) is 9.87 Å². The van der Waals surface area contributed by atoms with E-state index in [0.29, 0.717) is 19.6 Å². The average Bonchev–Trinajstić information content (AvgIpc) is 2.56. The Hall–Kier alpha value is -1.56. The highest BCUT2D eigenvalue weighted by Gasteiger charge is 2.33. The number of sulfonamides is 1. The van der Waals surface area contributed by atoms with Crippen LogP contribution in [-0.4, -0.2) is 38.4 Å². The summed E-state index contributed by atoms with van der Waals surface area (Å²) in [5.74, 6) is 0. The lowest BCUT2D eigenvalue weighted by Crippen LogP contribution is -2.53. The van der Waals surface area contributed by atoms with Crippen molar-refractivity contribution in [3.63, 3.8) is 0 Å². The third-order valence-electron chi connectivity index (χ3n) is 4.41. The summed E-state index contributed by atoms with van der Waals surface area (Å²) >= 11 is 6.09. The van der Waals surface area contributed by atoms with Crippen molar-refractivity contribution in [2.75, 3.05) is 24.5 Å². The van der Waals surface area contributed by atoms with Crippen LogP contribution in [0.15, 0.2) is 53.4 Å². The molecule has 3 rings (SSSR count). The van der Waals surface area contributed by atoms with Gasteiger partial charge in [-0.05, 0) is 38.1 Å². The molecule has 128 valence electrons. The molecule has 1 atom stereocenters. The first-order chi connectivity index (χ1) is 11.4. The summed E-state index contributed by atoms with van der Waals surface area (Å²) in [5, 5.41) is 0.270. The van der Waals surface area contributed by atoms with Crippen LogP contribution in [0, 0.1) is 6.92 Å². The van der Waals surface area contributed by atoms with Gasteiger partial charge >= 0.3 is 0 Å². The summed E-state index contributed by atoms with van der Waals surface area (Å²) < 4.78 is 27.3. The first-order valence-corrected chi connectivity index (χ1v) is 9.79. The molecule has 2 aromatic carbocycles. The number of nitrogens with zero attached hydrogens (tertiary/aromatic N) is 2. The zero-order valence-electron chi connectivity index (χ0n) is 13.8. The van der Waals surface area contributed by atoms with E-state index in [1.807, 2.05) is 6.92 Å². The molecule has 1 unspecified atom stereocenters. The van der Waals surface area contributed by atoms with Crippen LogP contribution in [0.4, 0.5) is 5.69 Å². The number of hydrogen-bond donors (Lipinski definition) is 0. The van der Waals surface area contributed by atoms with Crippen LogP contribution in [0.3, 0.4) is 0 Å². The molecule has 0 saturated carbocycles. The lowest BCUT2D eigenvalue weighted by atomic mass is 10.1. The van der Waals surface area contributed by atoms with E-state index in [9.17, 15) is 8.42 Å². The maximum Gasteiger partial charge on any atom is 0.244 e. The Balaban J connectivity index is 1.80. The Kier molecular flexibility index (Phi) is 4.85. The van der Waals surface area contributed by atoms with E-state index in [-0.39, 0.29) is 16.0 Å². The fraction of sp³-hybridized carbons (Fsp3) is 0.333. The molecular formula is C18H21ClN2O2S. The third-order valence-corrected chi connectivity index (χ3v) is 6.78. The lowest BCUT2D eigenvalue weighted by molar-refractivity contribution is 0.342. The van der Waals surface area contributed by atoms with Gasteiger partial charge in [0, 0.05) is 31.4 Å². The molecule has 0 amide bonds. The zero-order chi connectivity index (χ0) is 17.3. The SMILES string of the molecule is Cc1ccc(N2CCN(S(=O)(=O)c3ccccc3Cl)CC2C)cc1. The van der Waals surface area contributed by atoms with Crippen molar-refractivity contribution in [2.45, 2.75) is 24.8 Å². The Bertz CT molecular complexity index is 821. The standard InChI is InChI=1S/C18H21ClN2O2S/c1-14-7-9-16(10-8-14)21-12-11-20(13-15(21)2)24(22,23)18-6-4-3-5-17(18)19/h3-10,15H,11-13H2,1-2H3. The predicted octanol–water partition coefficient (Wildman–Crippen LogP) is 3.55. The first-order valence-electron chi connectivity index (χ1n) is 7.97. The molecule has 6 heteroatoms. The van der Waals surface area contributed by atoms with Gasteiger partial charge in [0.1, 0.15) is 4.90 Å². The number of halogens is 1. The summed E-state index contributed by atoms with van der Waals surface area (Å²) in [7, 11) is -3.56. The van der Waals surface area contributed by atoms with Gasteiger partial charge < -0.3 is 4.90 Å². The maximum atomic E-state index is 12.9. The highest BCUT2D eigenvalue weighted by atomic mass is 35.5. The van der Waals surface area contributed by atoms with Crippen molar-refractivity contribution in [1.29, 1.82) is 0 Å². The summed E-state index contributed by atoms with van der Waals surface area (Å²) in [6.07, 6.45) is 0. The molecule has 0 radical (unpaired) electrons. The molecule has 0 N–H and O–H groups in total. The topological polar surface area (TPSA) is 40.6 Å². The highest BCUT2D eigenvalue weighted by Crippen LogP contribution is 2.28. The van der Waals surface area contributed by atoms with E-state index < -0.39 is 10.0 Å². The Morgan fingerprint density at radius 2 is 1.71 bits per heavy atom. The fourth-order valence-corrected chi connectivity index (χ4v) is 5.06. The van der Waals surface area contributed by atoms with Gasteiger partial charge in [-0.1, -0.05) is 41.4 Å². The third kappa shape index (κ3) is 3.29. The molecule has 0 bridgehead atoms. The minimum absolute atomic E-state index is 0.0960. The number of rotatable bonds is 3. The van der Waals surface area contributed by atoms with E-state index in [4.69, 9.17) is 11.6 Å². The molecule has 0 aliphatic carbocycles. The molecule has 1 heterocycles. The van der Waals surface area contributed by atoms with Crippen molar-refractivity contribution < 1.29 is 8.42 Å².